The smallest absolute Gasteiger partial charge is 0.323 e. The number of aliphatic hydroxyl groups is 1. The minimum atomic E-state index is -4.01. The molecule has 4 aromatic carbocycles. The Morgan fingerprint density at radius 1 is 0.893 bits per heavy atom. The topological polar surface area (TPSA) is 144 Å². The van der Waals surface area contributed by atoms with Crippen LogP contribution in [0.15, 0.2) is 108 Å². The molecule has 12 heteroatoms. The third-order valence-corrected chi connectivity index (χ3v) is 11.7. The Balaban J connectivity index is 1.21. The Morgan fingerprint density at radius 2 is 1.55 bits per heavy atom. The zero-order valence-electron chi connectivity index (χ0n) is 32.7. The summed E-state index contributed by atoms with van der Waals surface area (Å²) in [6.45, 7) is 10.8. The average Bonchev–Trinajstić information content (AvgIpc) is 3.64. The van der Waals surface area contributed by atoms with Crippen LogP contribution in [0.2, 0.25) is 0 Å². The van der Waals surface area contributed by atoms with E-state index in [-0.39, 0.29) is 48.1 Å². The minimum absolute atomic E-state index is 0.0642. The van der Waals surface area contributed by atoms with Crippen LogP contribution in [0, 0.1) is 12.8 Å². The molecule has 2 fully saturated rings. The number of hydrogen-bond donors (Lipinski definition) is 3. The zero-order chi connectivity index (χ0) is 40.0. The number of aryl methyl sites for hydroxylation is 1. The standard InChI is InChI=1S/C44H53N3O8S/c1-29-13-23-36(24-14-29)56(51,52)46-37(26-31-10-7-6-8-11-31)41(49)45-35-21-19-34(20-22-35)43-53-39(27-47-25-9-12-38(47)42(50)55-44(3,4)5)30(2)40(54-43)33-17-15-32(28-48)16-18-33/h6-8,10-11,13-24,30,37-40,43,46,48H,9,12,25-28H2,1-5H3,(H,45,49). The molecule has 2 heterocycles. The third-order valence-electron chi connectivity index (χ3n) is 10.3. The Labute approximate surface area is 330 Å². The lowest BCUT2D eigenvalue weighted by atomic mass is 9.90. The van der Waals surface area contributed by atoms with Crippen molar-refractivity contribution in [2.24, 2.45) is 5.92 Å². The predicted octanol–water partition coefficient (Wildman–Crippen LogP) is 6.61. The second-order valence-corrected chi connectivity index (χ2v) is 17.5. The highest BCUT2D eigenvalue weighted by Gasteiger charge is 2.42. The van der Waals surface area contributed by atoms with Gasteiger partial charge in [0.2, 0.25) is 15.9 Å². The summed E-state index contributed by atoms with van der Waals surface area (Å²) in [6, 6.07) is 29.1. The fourth-order valence-corrected chi connectivity index (χ4v) is 8.40. The molecule has 6 rings (SSSR count). The van der Waals surface area contributed by atoms with E-state index < -0.39 is 33.9 Å². The van der Waals surface area contributed by atoms with Crippen molar-refractivity contribution in [3.05, 3.63) is 131 Å². The van der Waals surface area contributed by atoms with Crippen LogP contribution in [-0.2, 0) is 46.9 Å². The monoisotopic (exact) mass is 783 g/mol. The van der Waals surface area contributed by atoms with E-state index in [1.807, 2.05) is 94.4 Å². The molecule has 0 saturated carbocycles. The highest BCUT2D eigenvalue weighted by Crippen LogP contribution is 2.42. The molecule has 0 bridgehead atoms. The van der Waals surface area contributed by atoms with Gasteiger partial charge in [0.1, 0.15) is 17.7 Å². The largest absolute Gasteiger partial charge is 0.459 e. The van der Waals surface area contributed by atoms with Gasteiger partial charge in [0.25, 0.3) is 0 Å². The molecule has 6 unspecified atom stereocenters. The number of rotatable bonds is 13. The van der Waals surface area contributed by atoms with Crippen molar-refractivity contribution in [2.75, 3.05) is 18.4 Å². The summed E-state index contributed by atoms with van der Waals surface area (Å²) in [5, 5.41) is 12.5. The number of carbonyl (C=O) groups is 2. The van der Waals surface area contributed by atoms with E-state index in [0.29, 0.717) is 12.2 Å². The van der Waals surface area contributed by atoms with Crippen LogP contribution in [0.4, 0.5) is 5.69 Å². The molecular weight excluding hydrogens is 731 g/mol. The number of nitrogens with zero attached hydrogens (tertiary/aromatic N) is 1. The highest BCUT2D eigenvalue weighted by molar-refractivity contribution is 7.89. The first kappa shape index (κ1) is 41.2. The van der Waals surface area contributed by atoms with Gasteiger partial charge in [-0.25, -0.2) is 8.42 Å². The molecule has 4 aromatic rings. The Morgan fingerprint density at radius 3 is 2.20 bits per heavy atom. The normalized spacial score (nSPS) is 22.4. The Bertz CT molecular complexity index is 2040. The Kier molecular flexibility index (Phi) is 13.1. The maximum Gasteiger partial charge on any atom is 0.323 e. The van der Waals surface area contributed by atoms with E-state index in [2.05, 4.69) is 21.9 Å². The molecule has 3 N–H and O–H groups in total. The number of anilines is 1. The second kappa shape index (κ2) is 17.8. The molecular formula is C44H53N3O8S. The number of esters is 1. The van der Waals surface area contributed by atoms with Crippen LogP contribution in [-0.4, -0.2) is 67.2 Å². The van der Waals surface area contributed by atoms with Gasteiger partial charge < -0.3 is 24.6 Å². The summed E-state index contributed by atoms with van der Waals surface area (Å²) < 4.78 is 48.5. The minimum Gasteiger partial charge on any atom is -0.459 e. The van der Waals surface area contributed by atoms with Gasteiger partial charge in [-0.3, -0.25) is 14.5 Å². The van der Waals surface area contributed by atoms with Crippen LogP contribution < -0.4 is 10.0 Å². The van der Waals surface area contributed by atoms with Crippen LogP contribution in [0.25, 0.3) is 0 Å². The van der Waals surface area contributed by atoms with E-state index >= 15 is 0 Å². The molecule has 11 nitrogen and oxygen atoms in total. The number of carbonyl (C=O) groups excluding carboxylic acids is 2. The van der Waals surface area contributed by atoms with Gasteiger partial charge in [0.15, 0.2) is 6.29 Å². The van der Waals surface area contributed by atoms with Gasteiger partial charge in [0, 0.05) is 23.7 Å². The fourth-order valence-electron chi connectivity index (χ4n) is 7.20. The van der Waals surface area contributed by atoms with E-state index in [9.17, 15) is 23.1 Å². The molecule has 0 radical (unpaired) electrons. The van der Waals surface area contributed by atoms with Gasteiger partial charge in [-0.15, -0.1) is 0 Å². The summed E-state index contributed by atoms with van der Waals surface area (Å²) in [5.74, 6) is -0.822. The highest BCUT2D eigenvalue weighted by atomic mass is 32.2. The van der Waals surface area contributed by atoms with Gasteiger partial charge in [0.05, 0.1) is 23.7 Å². The van der Waals surface area contributed by atoms with E-state index in [1.54, 1.807) is 24.3 Å². The second-order valence-electron chi connectivity index (χ2n) is 15.8. The lowest BCUT2D eigenvalue weighted by Crippen LogP contribution is -2.48. The number of hydrogen-bond acceptors (Lipinski definition) is 9. The van der Waals surface area contributed by atoms with Gasteiger partial charge in [-0.05, 0) is 94.5 Å². The first-order chi connectivity index (χ1) is 26.7. The summed E-state index contributed by atoms with van der Waals surface area (Å²) in [5.41, 5.74) is 4.07. The Hall–Kier alpha value is -4.43. The first-order valence-corrected chi connectivity index (χ1v) is 20.7. The number of amides is 1. The van der Waals surface area contributed by atoms with Crippen LogP contribution >= 0.6 is 0 Å². The summed E-state index contributed by atoms with van der Waals surface area (Å²) >= 11 is 0. The molecule has 0 spiro atoms. The van der Waals surface area contributed by atoms with Crippen molar-refractivity contribution in [1.82, 2.24) is 9.62 Å². The van der Waals surface area contributed by atoms with Crippen molar-refractivity contribution < 1.29 is 37.3 Å². The van der Waals surface area contributed by atoms with Crippen LogP contribution in [0.3, 0.4) is 0 Å². The van der Waals surface area contributed by atoms with Crippen molar-refractivity contribution in [3.63, 3.8) is 0 Å². The number of benzene rings is 4. The predicted molar refractivity (Wildman–Crippen MR) is 214 cm³/mol. The molecule has 2 aliphatic rings. The van der Waals surface area contributed by atoms with Crippen LogP contribution in [0.5, 0.6) is 0 Å². The first-order valence-electron chi connectivity index (χ1n) is 19.2. The maximum atomic E-state index is 13.8. The summed E-state index contributed by atoms with van der Waals surface area (Å²) in [7, 11) is -4.01. The molecule has 298 valence electrons. The number of aliphatic hydroxyl groups excluding tert-OH is 1. The van der Waals surface area contributed by atoms with Crippen molar-refractivity contribution in [1.29, 1.82) is 0 Å². The van der Waals surface area contributed by atoms with E-state index in [0.717, 1.165) is 47.2 Å². The van der Waals surface area contributed by atoms with Gasteiger partial charge in [-0.1, -0.05) is 91.3 Å². The molecule has 56 heavy (non-hydrogen) atoms. The summed E-state index contributed by atoms with van der Waals surface area (Å²) in [6.07, 6.45) is 0.315. The molecule has 2 saturated heterocycles. The molecule has 6 atom stereocenters. The fraction of sp³-hybridized carbons (Fsp3) is 0.409. The van der Waals surface area contributed by atoms with E-state index in [4.69, 9.17) is 14.2 Å². The van der Waals surface area contributed by atoms with Crippen molar-refractivity contribution >= 4 is 27.6 Å². The molecule has 2 aliphatic heterocycles. The lowest BCUT2D eigenvalue weighted by Gasteiger charge is -2.43. The van der Waals surface area contributed by atoms with Crippen molar-refractivity contribution in [3.8, 4) is 0 Å². The number of ether oxygens (including phenoxy) is 3. The van der Waals surface area contributed by atoms with Gasteiger partial charge in [-0.2, -0.15) is 4.72 Å². The molecule has 0 aliphatic carbocycles. The maximum absolute atomic E-state index is 13.8. The number of likely N-dealkylation sites (tertiary alicyclic amines) is 1. The number of sulfonamides is 1. The molecule has 0 aromatic heterocycles. The van der Waals surface area contributed by atoms with Gasteiger partial charge >= 0.3 is 5.97 Å². The quantitative estimate of drug-likeness (QED) is 0.128. The third kappa shape index (κ3) is 10.5. The van der Waals surface area contributed by atoms with Crippen LogP contribution in [0.1, 0.15) is 80.7 Å². The molecule has 1 amide bonds. The van der Waals surface area contributed by atoms with E-state index in [1.165, 1.54) is 12.1 Å². The summed E-state index contributed by atoms with van der Waals surface area (Å²) in [4.78, 5) is 29.2. The lowest BCUT2D eigenvalue weighted by molar-refractivity contribution is -0.276. The number of nitrogens with one attached hydrogen (secondary N) is 2. The SMILES string of the molecule is Cc1ccc(S(=O)(=O)NC(Cc2ccccc2)C(=O)Nc2ccc(C3OC(CN4CCCC4C(=O)OC(C)(C)C)C(C)C(c4ccc(CO)cc4)O3)cc2)cc1. The zero-order valence-corrected chi connectivity index (χ0v) is 33.5. The van der Waals surface area contributed by atoms with Crippen molar-refractivity contribution in [2.45, 2.75) is 102 Å². The average molecular weight is 784 g/mol.